The van der Waals surface area contributed by atoms with E-state index >= 15 is 0 Å². The summed E-state index contributed by atoms with van der Waals surface area (Å²) >= 11 is 6.02. The molecule has 0 heterocycles. The number of rotatable bonds is 6. The van der Waals surface area contributed by atoms with Crippen LogP contribution < -0.4 is 5.32 Å². The quantitative estimate of drug-likeness (QED) is 0.858. The van der Waals surface area contributed by atoms with Crippen LogP contribution in [0, 0.1) is 0 Å². The van der Waals surface area contributed by atoms with E-state index in [0.29, 0.717) is 18.0 Å². The Hall–Kier alpha value is -1.55. The highest BCUT2D eigenvalue weighted by Gasteiger charge is 2.27. The maximum Gasteiger partial charge on any atom is 0.242 e. The molecule has 1 atom stereocenters. The summed E-state index contributed by atoms with van der Waals surface area (Å²) in [6.07, 6.45) is 1.17. The van der Waals surface area contributed by atoms with Gasteiger partial charge in [0.25, 0.3) is 0 Å². The van der Waals surface area contributed by atoms with Crippen LogP contribution in [0.5, 0.6) is 0 Å². The van der Waals surface area contributed by atoms with Crippen molar-refractivity contribution < 1.29 is 9.59 Å². The van der Waals surface area contributed by atoms with Crippen molar-refractivity contribution in [3.05, 3.63) is 34.9 Å². The Balaban J connectivity index is 2.95. The first-order valence-corrected chi connectivity index (χ1v) is 8.37. The molecule has 0 spiro atoms. The van der Waals surface area contributed by atoms with E-state index in [4.69, 9.17) is 11.6 Å². The number of benzene rings is 1. The summed E-state index contributed by atoms with van der Waals surface area (Å²) in [6.45, 7) is 9.86. The largest absolute Gasteiger partial charge is 0.350 e. The van der Waals surface area contributed by atoms with E-state index in [2.05, 4.69) is 5.32 Å². The number of nitrogens with zero attached hydrogens (tertiary/aromatic N) is 1. The molecule has 1 aromatic carbocycles. The minimum atomic E-state index is -0.535. The zero-order valence-electron chi connectivity index (χ0n) is 14.6. The van der Waals surface area contributed by atoms with Crippen LogP contribution in [-0.4, -0.2) is 28.3 Å². The Kier molecular flexibility index (Phi) is 7.07. The van der Waals surface area contributed by atoms with Gasteiger partial charge in [-0.1, -0.05) is 30.7 Å². The second-order valence-electron chi connectivity index (χ2n) is 6.82. The molecular formula is C18H27ClN2O2. The molecule has 1 N–H and O–H groups in total. The van der Waals surface area contributed by atoms with Gasteiger partial charge in [0.2, 0.25) is 11.8 Å². The first-order valence-electron chi connectivity index (χ1n) is 8.00. The molecule has 0 radical (unpaired) electrons. The van der Waals surface area contributed by atoms with Crippen LogP contribution in [0.3, 0.4) is 0 Å². The van der Waals surface area contributed by atoms with Gasteiger partial charge in [0, 0.05) is 23.5 Å². The van der Waals surface area contributed by atoms with Crippen LogP contribution in [0.1, 0.15) is 53.0 Å². The molecule has 0 bridgehead atoms. The lowest BCUT2D eigenvalue weighted by molar-refractivity contribution is -0.141. The van der Waals surface area contributed by atoms with Gasteiger partial charge >= 0.3 is 0 Å². The van der Waals surface area contributed by atoms with Crippen LogP contribution in [0.4, 0.5) is 0 Å². The molecule has 0 unspecified atom stereocenters. The van der Waals surface area contributed by atoms with Gasteiger partial charge in [0.15, 0.2) is 0 Å². The van der Waals surface area contributed by atoms with Gasteiger partial charge in [-0.25, -0.2) is 0 Å². The third kappa shape index (κ3) is 6.61. The van der Waals surface area contributed by atoms with Crippen LogP contribution in [-0.2, 0) is 16.1 Å². The summed E-state index contributed by atoms with van der Waals surface area (Å²) in [4.78, 5) is 26.5. The van der Waals surface area contributed by atoms with Gasteiger partial charge in [-0.05, 0) is 51.8 Å². The minimum Gasteiger partial charge on any atom is -0.350 e. The van der Waals surface area contributed by atoms with Crippen molar-refractivity contribution in [2.75, 3.05) is 0 Å². The third-order valence-electron chi connectivity index (χ3n) is 3.37. The summed E-state index contributed by atoms with van der Waals surface area (Å²) in [7, 11) is 0. The van der Waals surface area contributed by atoms with Crippen LogP contribution in [0.2, 0.25) is 5.02 Å². The zero-order chi connectivity index (χ0) is 17.6. The molecule has 0 aromatic heterocycles. The fourth-order valence-electron chi connectivity index (χ4n) is 2.25. The van der Waals surface area contributed by atoms with E-state index in [-0.39, 0.29) is 17.4 Å². The van der Waals surface area contributed by atoms with Crippen LogP contribution >= 0.6 is 11.6 Å². The Labute approximate surface area is 144 Å². The van der Waals surface area contributed by atoms with Gasteiger partial charge in [0.05, 0.1) is 0 Å². The highest BCUT2D eigenvalue weighted by atomic mass is 35.5. The molecule has 23 heavy (non-hydrogen) atoms. The highest BCUT2D eigenvalue weighted by Crippen LogP contribution is 2.16. The fraction of sp³-hybridized carbons (Fsp3) is 0.556. The minimum absolute atomic E-state index is 0.0240. The summed E-state index contributed by atoms with van der Waals surface area (Å²) in [5.41, 5.74) is 0.582. The monoisotopic (exact) mass is 338 g/mol. The van der Waals surface area contributed by atoms with Gasteiger partial charge in [-0.2, -0.15) is 0 Å². The average molecular weight is 339 g/mol. The molecule has 4 nitrogen and oxygen atoms in total. The number of hydrogen-bond acceptors (Lipinski definition) is 2. The Morgan fingerprint density at radius 1 is 1.30 bits per heavy atom. The molecule has 2 amide bonds. The standard InChI is InChI=1S/C18H27ClN2O2/c1-6-8-16(22)21(12-14-9-7-10-15(19)11-14)13(2)17(23)20-18(3,4)5/h7,9-11,13H,6,8,12H2,1-5H3,(H,20,23)/t13-/m1/s1. The number of hydrogen-bond donors (Lipinski definition) is 1. The van der Waals surface area contributed by atoms with E-state index in [1.54, 1.807) is 17.9 Å². The van der Waals surface area contributed by atoms with Crippen molar-refractivity contribution in [1.82, 2.24) is 10.2 Å². The summed E-state index contributed by atoms with van der Waals surface area (Å²) in [6, 6.07) is 6.83. The van der Waals surface area contributed by atoms with Crippen molar-refractivity contribution in [2.24, 2.45) is 0 Å². The van der Waals surface area contributed by atoms with Gasteiger partial charge in [-0.3, -0.25) is 9.59 Å². The molecule has 1 aromatic rings. The van der Waals surface area contributed by atoms with E-state index < -0.39 is 6.04 Å². The maximum atomic E-state index is 12.5. The van der Waals surface area contributed by atoms with Crippen molar-refractivity contribution in [1.29, 1.82) is 0 Å². The number of amides is 2. The molecule has 1 rings (SSSR count). The predicted octanol–water partition coefficient (Wildman–Crippen LogP) is 3.77. The molecule has 5 heteroatoms. The van der Waals surface area contributed by atoms with Gasteiger partial charge in [0.1, 0.15) is 6.04 Å². The smallest absolute Gasteiger partial charge is 0.242 e. The average Bonchev–Trinajstić information content (AvgIpc) is 2.42. The van der Waals surface area contributed by atoms with Crippen molar-refractivity contribution in [3.63, 3.8) is 0 Å². The normalized spacial score (nSPS) is 12.6. The highest BCUT2D eigenvalue weighted by molar-refractivity contribution is 6.30. The lowest BCUT2D eigenvalue weighted by Gasteiger charge is -2.31. The van der Waals surface area contributed by atoms with Crippen LogP contribution in [0.25, 0.3) is 0 Å². The van der Waals surface area contributed by atoms with E-state index in [9.17, 15) is 9.59 Å². The molecule has 0 saturated heterocycles. The Morgan fingerprint density at radius 3 is 2.48 bits per heavy atom. The maximum absolute atomic E-state index is 12.5. The Bertz CT molecular complexity index is 552. The molecule has 0 saturated carbocycles. The van der Waals surface area contributed by atoms with Crippen LogP contribution in [0.15, 0.2) is 24.3 Å². The molecule has 0 aliphatic heterocycles. The SMILES string of the molecule is CCCC(=O)N(Cc1cccc(Cl)c1)[C@H](C)C(=O)NC(C)(C)C. The van der Waals surface area contributed by atoms with E-state index in [1.807, 2.05) is 45.9 Å². The first-order chi connectivity index (χ1) is 10.6. The second kappa shape index (κ2) is 8.34. The lowest BCUT2D eigenvalue weighted by atomic mass is 10.1. The van der Waals surface area contributed by atoms with Gasteiger partial charge in [-0.15, -0.1) is 0 Å². The Morgan fingerprint density at radius 2 is 1.96 bits per heavy atom. The van der Waals surface area contributed by atoms with Crippen molar-refractivity contribution >= 4 is 23.4 Å². The van der Waals surface area contributed by atoms with Gasteiger partial charge < -0.3 is 10.2 Å². The number of halogens is 1. The van der Waals surface area contributed by atoms with Crippen molar-refractivity contribution in [2.45, 2.75) is 65.6 Å². The molecule has 128 valence electrons. The third-order valence-corrected chi connectivity index (χ3v) is 3.61. The number of carbonyl (C=O) groups is 2. The van der Waals surface area contributed by atoms with E-state index in [1.165, 1.54) is 0 Å². The topological polar surface area (TPSA) is 49.4 Å². The lowest BCUT2D eigenvalue weighted by Crippen LogP contribution is -2.52. The predicted molar refractivity (Wildman–Crippen MR) is 94.3 cm³/mol. The summed E-state index contributed by atoms with van der Waals surface area (Å²) < 4.78 is 0. The summed E-state index contributed by atoms with van der Waals surface area (Å²) in [5.74, 6) is -0.173. The second-order valence-corrected chi connectivity index (χ2v) is 7.25. The molecule has 0 aliphatic rings. The zero-order valence-corrected chi connectivity index (χ0v) is 15.4. The first kappa shape index (κ1) is 19.5. The van der Waals surface area contributed by atoms with E-state index in [0.717, 1.165) is 12.0 Å². The summed E-state index contributed by atoms with van der Waals surface area (Å²) in [5, 5.41) is 3.56. The number of nitrogens with one attached hydrogen (secondary N) is 1. The molecular weight excluding hydrogens is 312 g/mol. The number of carbonyl (C=O) groups excluding carboxylic acids is 2. The van der Waals surface area contributed by atoms with Crippen molar-refractivity contribution in [3.8, 4) is 0 Å². The fourth-order valence-corrected chi connectivity index (χ4v) is 2.46. The molecule has 0 aliphatic carbocycles. The molecule has 0 fully saturated rings.